The number of nitrogens with one attached hydrogen (secondary N) is 1. The predicted molar refractivity (Wildman–Crippen MR) is 120 cm³/mol. The quantitative estimate of drug-likeness (QED) is 0.646. The van der Waals surface area contributed by atoms with Crippen LogP contribution in [0.2, 0.25) is 5.02 Å². The molecule has 1 aliphatic heterocycles. The number of sulfonamides is 1. The third-order valence-corrected chi connectivity index (χ3v) is 7.23. The first-order valence-corrected chi connectivity index (χ1v) is 12.0. The minimum Gasteiger partial charge on any atom is -0.497 e. The van der Waals surface area contributed by atoms with Crippen molar-refractivity contribution < 1.29 is 22.7 Å². The van der Waals surface area contributed by atoms with Gasteiger partial charge in [0.2, 0.25) is 10.0 Å². The SMILES string of the molecule is COc1ccc2c(c1)CCN(S(=O)(=O)CCNC(=O)C(C)(C)Oc1ccc(Cl)cc1)C2. The fourth-order valence-electron chi connectivity index (χ4n) is 3.35. The van der Waals surface area contributed by atoms with Gasteiger partial charge in [0.05, 0.1) is 12.9 Å². The van der Waals surface area contributed by atoms with Crippen LogP contribution in [0.15, 0.2) is 42.5 Å². The zero-order chi connectivity index (χ0) is 22.6. The number of rotatable bonds is 8. The Balaban J connectivity index is 1.54. The monoisotopic (exact) mass is 466 g/mol. The Kier molecular flexibility index (Phi) is 7.13. The first-order valence-electron chi connectivity index (χ1n) is 9.97. The number of amides is 1. The number of methoxy groups -OCH3 is 1. The number of benzene rings is 2. The summed E-state index contributed by atoms with van der Waals surface area (Å²) in [6.07, 6.45) is 0.625. The highest BCUT2D eigenvalue weighted by atomic mass is 35.5. The maximum Gasteiger partial charge on any atom is 0.263 e. The molecular weight excluding hydrogens is 440 g/mol. The molecule has 1 aliphatic rings. The molecule has 0 atom stereocenters. The normalized spacial score (nSPS) is 14.6. The molecule has 31 heavy (non-hydrogen) atoms. The molecule has 0 saturated carbocycles. The van der Waals surface area contributed by atoms with E-state index < -0.39 is 21.5 Å². The summed E-state index contributed by atoms with van der Waals surface area (Å²) in [4.78, 5) is 12.5. The molecule has 0 radical (unpaired) electrons. The van der Waals surface area contributed by atoms with Gasteiger partial charge in [-0.25, -0.2) is 8.42 Å². The first kappa shape index (κ1) is 23.4. The maximum absolute atomic E-state index is 12.8. The highest BCUT2D eigenvalue weighted by Crippen LogP contribution is 2.25. The van der Waals surface area contributed by atoms with Gasteiger partial charge in [0.25, 0.3) is 5.91 Å². The average molecular weight is 467 g/mol. The van der Waals surface area contributed by atoms with E-state index in [9.17, 15) is 13.2 Å². The minimum atomic E-state index is -3.51. The summed E-state index contributed by atoms with van der Waals surface area (Å²) in [5, 5.41) is 3.24. The van der Waals surface area contributed by atoms with E-state index in [4.69, 9.17) is 21.1 Å². The van der Waals surface area contributed by atoms with Crippen LogP contribution < -0.4 is 14.8 Å². The standard InChI is InChI=1S/C22H27ClN2O5S/c1-22(2,30-19-8-5-18(23)6-9-19)21(26)24-11-13-31(27,28)25-12-10-16-14-20(29-3)7-4-17(16)15-25/h4-9,14H,10-13,15H2,1-3H3,(H,24,26). The van der Waals surface area contributed by atoms with Crippen molar-refractivity contribution in [1.29, 1.82) is 0 Å². The third kappa shape index (κ3) is 5.90. The Bertz CT molecular complexity index is 1040. The van der Waals surface area contributed by atoms with Gasteiger partial charge in [0.15, 0.2) is 5.60 Å². The molecule has 1 amide bonds. The average Bonchev–Trinajstić information content (AvgIpc) is 2.74. The molecule has 0 bridgehead atoms. The molecule has 0 saturated heterocycles. The van der Waals surface area contributed by atoms with Gasteiger partial charge in [0.1, 0.15) is 11.5 Å². The fourth-order valence-corrected chi connectivity index (χ4v) is 4.80. The van der Waals surface area contributed by atoms with Crippen LogP contribution in [0, 0.1) is 0 Å². The molecule has 0 unspecified atom stereocenters. The lowest BCUT2D eigenvalue weighted by Gasteiger charge is -2.29. The van der Waals surface area contributed by atoms with Crippen LogP contribution in [0.25, 0.3) is 0 Å². The van der Waals surface area contributed by atoms with Crippen LogP contribution in [-0.4, -0.2) is 50.2 Å². The van der Waals surface area contributed by atoms with Gasteiger partial charge < -0.3 is 14.8 Å². The summed E-state index contributed by atoms with van der Waals surface area (Å²) in [7, 11) is -1.91. The highest BCUT2D eigenvalue weighted by Gasteiger charge is 2.31. The van der Waals surface area contributed by atoms with Crippen molar-refractivity contribution in [3.8, 4) is 11.5 Å². The van der Waals surface area contributed by atoms with Crippen LogP contribution in [0.4, 0.5) is 0 Å². The van der Waals surface area contributed by atoms with Crippen LogP contribution in [0.5, 0.6) is 11.5 Å². The van der Waals surface area contributed by atoms with Crippen molar-refractivity contribution in [1.82, 2.24) is 9.62 Å². The van der Waals surface area contributed by atoms with Crippen molar-refractivity contribution in [3.63, 3.8) is 0 Å². The van der Waals surface area contributed by atoms with Crippen LogP contribution in [-0.2, 0) is 27.8 Å². The van der Waals surface area contributed by atoms with E-state index in [0.717, 1.165) is 16.9 Å². The molecule has 1 N–H and O–H groups in total. The molecule has 3 rings (SSSR count). The number of ether oxygens (including phenoxy) is 2. The lowest BCUT2D eigenvalue weighted by molar-refractivity contribution is -0.134. The smallest absolute Gasteiger partial charge is 0.263 e. The molecular formula is C22H27ClN2O5S. The van der Waals surface area contributed by atoms with E-state index in [1.807, 2.05) is 18.2 Å². The van der Waals surface area contributed by atoms with Crippen molar-refractivity contribution >= 4 is 27.5 Å². The van der Waals surface area contributed by atoms with E-state index in [2.05, 4.69) is 5.32 Å². The van der Waals surface area contributed by atoms with Gasteiger partial charge in [-0.1, -0.05) is 17.7 Å². The van der Waals surface area contributed by atoms with Gasteiger partial charge in [-0.15, -0.1) is 0 Å². The minimum absolute atomic E-state index is 0.000540. The Hall–Kier alpha value is -2.29. The van der Waals surface area contributed by atoms with Crippen molar-refractivity contribution in [3.05, 3.63) is 58.6 Å². The molecule has 0 aliphatic carbocycles. The second-order valence-corrected chi connectivity index (χ2v) is 10.4. The Morgan fingerprint density at radius 3 is 2.48 bits per heavy atom. The van der Waals surface area contributed by atoms with Gasteiger partial charge in [-0.3, -0.25) is 4.79 Å². The Morgan fingerprint density at radius 1 is 1.13 bits per heavy atom. The molecule has 2 aromatic rings. The van der Waals surface area contributed by atoms with E-state index in [0.29, 0.717) is 30.3 Å². The summed E-state index contributed by atoms with van der Waals surface area (Å²) in [5.74, 6) is 0.692. The molecule has 0 spiro atoms. The van der Waals surface area contributed by atoms with Crippen molar-refractivity contribution in [2.45, 2.75) is 32.4 Å². The lowest BCUT2D eigenvalue weighted by Crippen LogP contribution is -2.48. The molecule has 0 fully saturated rings. The first-order chi connectivity index (χ1) is 14.6. The van der Waals surface area contributed by atoms with E-state index in [1.165, 1.54) is 4.31 Å². The molecule has 1 heterocycles. The number of hydrogen-bond acceptors (Lipinski definition) is 5. The molecule has 9 heteroatoms. The predicted octanol–water partition coefficient (Wildman–Crippen LogP) is 3.01. The zero-order valence-corrected chi connectivity index (χ0v) is 19.4. The van der Waals surface area contributed by atoms with E-state index in [-0.39, 0.29) is 12.3 Å². The lowest BCUT2D eigenvalue weighted by atomic mass is 10.0. The number of halogens is 1. The largest absolute Gasteiger partial charge is 0.497 e. The summed E-state index contributed by atoms with van der Waals surface area (Å²) in [6, 6.07) is 12.4. The number of hydrogen-bond donors (Lipinski definition) is 1. The van der Waals surface area contributed by atoms with Crippen LogP contribution in [0.3, 0.4) is 0 Å². The summed E-state index contributed by atoms with van der Waals surface area (Å²) < 4.78 is 38.0. The second kappa shape index (κ2) is 9.46. The molecule has 2 aromatic carbocycles. The highest BCUT2D eigenvalue weighted by molar-refractivity contribution is 7.89. The van der Waals surface area contributed by atoms with Crippen LogP contribution >= 0.6 is 11.6 Å². The van der Waals surface area contributed by atoms with Gasteiger partial charge >= 0.3 is 0 Å². The third-order valence-electron chi connectivity index (χ3n) is 5.16. The Morgan fingerprint density at radius 2 is 1.81 bits per heavy atom. The molecule has 168 valence electrons. The van der Waals surface area contributed by atoms with E-state index >= 15 is 0 Å². The molecule has 0 aromatic heterocycles. The zero-order valence-electron chi connectivity index (χ0n) is 17.9. The maximum atomic E-state index is 12.8. The summed E-state index contributed by atoms with van der Waals surface area (Å²) >= 11 is 5.86. The van der Waals surface area contributed by atoms with Crippen LogP contribution in [0.1, 0.15) is 25.0 Å². The Labute approximate surface area is 188 Å². The topological polar surface area (TPSA) is 84.9 Å². The van der Waals surface area contributed by atoms with E-state index in [1.54, 1.807) is 45.2 Å². The molecule has 7 nitrogen and oxygen atoms in total. The van der Waals surface area contributed by atoms with Crippen molar-refractivity contribution in [2.75, 3.05) is 26.0 Å². The van der Waals surface area contributed by atoms with Gasteiger partial charge in [0, 0.05) is 24.7 Å². The number of carbonyl (C=O) groups excluding carboxylic acids is 1. The van der Waals surface area contributed by atoms with Crippen molar-refractivity contribution in [2.24, 2.45) is 0 Å². The number of fused-ring (bicyclic) bond motifs is 1. The summed E-state index contributed by atoms with van der Waals surface area (Å²) in [6.45, 7) is 3.98. The van der Waals surface area contributed by atoms with Gasteiger partial charge in [-0.2, -0.15) is 4.31 Å². The summed E-state index contributed by atoms with van der Waals surface area (Å²) in [5.41, 5.74) is 0.901. The number of nitrogens with zero attached hydrogens (tertiary/aromatic N) is 1. The van der Waals surface area contributed by atoms with Gasteiger partial charge in [-0.05, 0) is 67.8 Å². The second-order valence-electron chi connectivity index (χ2n) is 7.86. The fraction of sp³-hybridized carbons (Fsp3) is 0.409. The number of carbonyl (C=O) groups is 1.